The van der Waals surface area contributed by atoms with E-state index in [-0.39, 0.29) is 5.56 Å². The van der Waals surface area contributed by atoms with Gasteiger partial charge in [-0.3, -0.25) is 9.36 Å². The van der Waals surface area contributed by atoms with E-state index in [9.17, 15) is 4.79 Å². The van der Waals surface area contributed by atoms with E-state index >= 15 is 0 Å². The van der Waals surface area contributed by atoms with Crippen LogP contribution < -0.4 is 15.6 Å². The molecule has 164 valence electrons. The Morgan fingerprint density at radius 3 is 2.65 bits per heavy atom. The molecule has 0 spiro atoms. The zero-order valence-electron chi connectivity index (χ0n) is 18.1. The number of methoxy groups -OCH3 is 1. The lowest BCUT2D eigenvalue weighted by Gasteiger charge is -2.16. The quantitative estimate of drug-likeness (QED) is 0.525. The molecule has 31 heavy (non-hydrogen) atoms. The number of nitrogens with one attached hydrogen (secondary N) is 1. The normalized spacial score (nSPS) is 14.3. The number of fused-ring (bicyclic) bond motifs is 1. The first-order valence-electron chi connectivity index (χ1n) is 10.9. The Balaban J connectivity index is 1.73. The highest BCUT2D eigenvalue weighted by Gasteiger charge is 2.19. The summed E-state index contributed by atoms with van der Waals surface area (Å²) in [5, 5.41) is 3.35. The standard InChI is InChI=1S/C23H29N5O3/c1-3-11-31-12-10-28-19-13-17(16-8-9-20(30-2)24-14-16)15-25-21(19)27-22(23(28)29)26-18-6-4-5-7-18/h8-9,13-15,18H,3-7,10-12H2,1-2H3,(H,25,26,27). The molecule has 1 saturated carbocycles. The van der Waals surface area contributed by atoms with Gasteiger partial charge in [0.1, 0.15) is 0 Å². The Hall–Kier alpha value is -3.00. The van der Waals surface area contributed by atoms with E-state index in [0.717, 1.165) is 30.4 Å². The molecule has 0 radical (unpaired) electrons. The Morgan fingerprint density at radius 1 is 1.13 bits per heavy atom. The topological polar surface area (TPSA) is 91.2 Å². The largest absolute Gasteiger partial charge is 0.481 e. The third-order valence-corrected chi connectivity index (χ3v) is 5.59. The van der Waals surface area contributed by atoms with Crippen LogP contribution in [0.25, 0.3) is 22.3 Å². The van der Waals surface area contributed by atoms with Crippen molar-refractivity contribution in [2.45, 2.75) is 51.6 Å². The Kier molecular flexibility index (Phi) is 6.76. The molecule has 0 aliphatic heterocycles. The number of nitrogens with zero attached hydrogens (tertiary/aromatic N) is 4. The van der Waals surface area contributed by atoms with Gasteiger partial charge in [-0.1, -0.05) is 19.8 Å². The van der Waals surface area contributed by atoms with Gasteiger partial charge in [0, 0.05) is 48.8 Å². The smallest absolute Gasteiger partial charge is 0.293 e. The van der Waals surface area contributed by atoms with E-state index in [2.05, 4.69) is 27.2 Å². The van der Waals surface area contributed by atoms with E-state index in [4.69, 9.17) is 9.47 Å². The van der Waals surface area contributed by atoms with Gasteiger partial charge >= 0.3 is 0 Å². The van der Waals surface area contributed by atoms with E-state index in [0.29, 0.717) is 48.7 Å². The summed E-state index contributed by atoms with van der Waals surface area (Å²) in [7, 11) is 1.59. The molecule has 1 fully saturated rings. The molecular weight excluding hydrogens is 394 g/mol. The van der Waals surface area contributed by atoms with E-state index in [1.165, 1.54) is 12.8 Å². The third-order valence-electron chi connectivity index (χ3n) is 5.59. The van der Waals surface area contributed by atoms with Crippen molar-refractivity contribution in [2.75, 3.05) is 25.6 Å². The van der Waals surface area contributed by atoms with Gasteiger partial charge in [-0.15, -0.1) is 0 Å². The minimum absolute atomic E-state index is 0.133. The van der Waals surface area contributed by atoms with Crippen molar-refractivity contribution in [3.63, 3.8) is 0 Å². The Morgan fingerprint density at radius 2 is 1.94 bits per heavy atom. The monoisotopic (exact) mass is 423 g/mol. The molecule has 0 saturated heterocycles. The molecular formula is C23H29N5O3. The first-order chi connectivity index (χ1) is 15.2. The van der Waals surface area contributed by atoms with Gasteiger partial charge in [-0.2, -0.15) is 0 Å². The van der Waals surface area contributed by atoms with Crippen molar-refractivity contribution in [3.05, 3.63) is 40.9 Å². The average molecular weight is 424 g/mol. The summed E-state index contributed by atoms with van der Waals surface area (Å²) in [6.07, 6.45) is 8.93. The van der Waals surface area contributed by atoms with Crippen LogP contribution in [-0.2, 0) is 11.3 Å². The lowest BCUT2D eigenvalue weighted by Crippen LogP contribution is -2.30. The van der Waals surface area contributed by atoms with Crippen molar-refractivity contribution < 1.29 is 9.47 Å². The van der Waals surface area contributed by atoms with Crippen molar-refractivity contribution >= 4 is 17.0 Å². The lowest BCUT2D eigenvalue weighted by atomic mass is 10.1. The second-order valence-corrected chi connectivity index (χ2v) is 7.81. The second kappa shape index (κ2) is 9.87. The molecule has 0 amide bonds. The highest BCUT2D eigenvalue weighted by molar-refractivity contribution is 5.78. The summed E-state index contributed by atoms with van der Waals surface area (Å²) in [5.74, 6) is 0.924. The maximum absolute atomic E-state index is 13.3. The van der Waals surface area contributed by atoms with E-state index in [1.807, 2.05) is 12.1 Å². The summed E-state index contributed by atoms with van der Waals surface area (Å²) in [6.45, 7) is 3.65. The SMILES string of the molecule is CCCOCCn1c(=O)c(NC2CCCC2)nc2ncc(-c3ccc(OC)nc3)cc21. The second-order valence-electron chi connectivity index (χ2n) is 7.81. The Labute approximate surface area is 181 Å². The maximum atomic E-state index is 13.3. The molecule has 3 aromatic rings. The minimum Gasteiger partial charge on any atom is -0.481 e. The molecule has 8 nitrogen and oxygen atoms in total. The zero-order chi connectivity index (χ0) is 21.6. The fourth-order valence-corrected chi connectivity index (χ4v) is 3.93. The number of hydrogen-bond acceptors (Lipinski definition) is 7. The van der Waals surface area contributed by atoms with Gasteiger partial charge in [0.05, 0.1) is 19.2 Å². The fraction of sp³-hybridized carbons (Fsp3) is 0.478. The van der Waals surface area contributed by atoms with E-state index in [1.54, 1.807) is 30.1 Å². The van der Waals surface area contributed by atoms with Gasteiger partial charge in [-0.25, -0.2) is 15.0 Å². The molecule has 1 aliphatic rings. The Bertz CT molecular complexity index is 1080. The number of ether oxygens (including phenoxy) is 2. The summed E-state index contributed by atoms with van der Waals surface area (Å²) in [4.78, 5) is 26.7. The lowest BCUT2D eigenvalue weighted by molar-refractivity contribution is 0.127. The maximum Gasteiger partial charge on any atom is 0.293 e. The summed E-state index contributed by atoms with van der Waals surface area (Å²) in [5.41, 5.74) is 2.86. The molecule has 3 aromatic heterocycles. The van der Waals surface area contributed by atoms with Crippen LogP contribution in [0.5, 0.6) is 5.88 Å². The highest BCUT2D eigenvalue weighted by Crippen LogP contribution is 2.24. The molecule has 0 atom stereocenters. The van der Waals surface area contributed by atoms with Crippen LogP contribution in [0.4, 0.5) is 5.82 Å². The molecule has 1 aliphatic carbocycles. The van der Waals surface area contributed by atoms with Crippen LogP contribution in [0, 0.1) is 0 Å². The van der Waals surface area contributed by atoms with Crippen LogP contribution in [-0.4, -0.2) is 45.9 Å². The average Bonchev–Trinajstić information content (AvgIpc) is 3.31. The van der Waals surface area contributed by atoms with Crippen LogP contribution in [0.3, 0.4) is 0 Å². The van der Waals surface area contributed by atoms with Crippen molar-refractivity contribution in [2.24, 2.45) is 0 Å². The minimum atomic E-state index is -0.133. The summed E-state index contributed by atoms with van der Waals surface area (Å²) >= 11 is 0. The van der Waals surface area contributed by atoms with Gasteiger partial charge < -0.3 is 14.8 Å². The van der Waals surface area contributed by atoms with Crippen LogP contribution >= 0.6 is 0 Å². The first-order valence-corrected chi connectivity index (χ1v) is 10.9. The molecule has 0 aromatic carbocycles. The first kappa shape index (κ1) is 21.2. The van der Waals surface area contributed by atoms with Crippen LogP contribution in [0.2, 0.25) is 0 Å². The van der Waals surface area contributed by atoms with Crippen LogP contribution in [0.15, 0.2) is 35.4 Å². The number of pyridine rings is 2. The number of anilines is 1. The van der Waals surface area contributed by atoms with Gasteiger partial charge in [0.25, 0.3) is 5.56 Å². The zero-order valence-corrected chi connectivity index (χ0v) is 18.1. The number of rotatable bonds is 9. The predicted molar refractivity (Wildman–Crippen MR) is 121 cm³/mol. The number of hydrogen-bond donors (Lipinski definition) is 1. The summed E-state index contributed by atoms with van der Waals surface area (Å²) in [6, 6.07) is 5.97. The molecule has 4 rings (SSSR count). The van der Waals surface area contributed by atoms with Gasteiger partial charge in [-0.05, 0) is 31.4 Å². The van der Waals surface area contributed by atoms with Gasteiger partial charge in [0.15, 0.2) is 11.5 Å². The van der Waals surface area contributed by atoms with Crippen molar-refractivity contribution in [3.8, 4) is 17.0 Å². The molecule has 1 N–H and O–H groups in total. The third kappa shape index (κ3) is 4.85. The van der Waals surface area contributed by atoms with Crippen LogP contribution in [0.1, 0.15) is 39.0 Å². The molecule has 3 heterocycles. The van der Waals surface area contributed by atoms with E-state index < -0.39 is 0 Å². The fourth-order valence-electron chi connectivity index (χ4n) is 3.93. The highest BCUT2D eigenvalue weighted by atomic mass is 16.5. The molecule has 0 bridgehead atoms. The van der Waals surface area contributed by atoms with Crippen molar-refractivity contribution in [1.29, 1.82) is 0 Å². The molecule has 8 heteroatoms. The van der Waals surface area contributed by atoms with Crippen molar-refractivity contribution in [1.82, 2.24) is 19.5 Å². The van der Waals surface area contributed by atoms with Gasteiger partial charge in [0.2, 0.25) is 5.88 Å². The number of aromatic nitrogens is 4. The predicted octanol–water partition coefficient (Wildman–Crippen LogP) is 3.64. The molecule has 0 unspecified atom stereocenters. The summed E-state index contributed by atoms with van der Waals surface area (Å²) < 4.78 is 12.5.